The van der Waals surface area contributed by atoms with Gasteiger partial charge >= 0.3 is 11.7 Å². The van der Waals surface area contributed by atoms with Crippen LogP contribution in [0.4, 0.5) is 5.82 Å². The van der Waals surface area contributed by atoms with E-state index in [9.17, 15) is 27.6 Å². The minimum absolute atomic E-state index is 0.0361. The summed E-state index contributed by atoms with van der Waals surface area (Å²) in [6.45, 7) is 2.34. The number of aromatic nitrogens is 2. The van der Waals surface area contributed by atoms with Crippen LogP contribution in [0.25, 0.3) is 0 Å². The molecule has 1 aromatic carbocycles. The first-order valence-corrected chi connectivity index (χ1v) is 10.7. The van der Waals surface area contributed by atoms with E-state index in [-0.39, 0.29) is 10.7 Å². The Labute approximate surface area is 178 Å². The van der Waals surface area contributed by atoms with Crippen LogP contribution < -0.4 is 21.7 Å². The molecule has 0 saturated carbocycles. The van der Waals surface area contributed by atoms with Crippen LogP contribution in [0.15, 0.2) is 44.8 Å². The molecule has 1 atom stereocenters. The second-order valence-electron chi connectivity index (χ2n) is 7.15. The highest BCUT2D eigenvalue weighted by atomic mass is 32.2. The van der Waals surface area contributed by atoms with Crippen molar-refractivity contribution in [2.24, 2.45) is 20.0 Å². The number of nitrogens with one attached hydrogen (secondary N) is 1. The van der Waals surface area contributed by atoms with Crippen LogP contribution in [0.1, 0.15) is 24.2 Å². The number of sulfonamides is 1. The number of benzene rings is 1. The monoisotopic (exact) mass is 452 g/mol. The van der Waals surface area contributed by atoms with Crippen LogP contribution in [-0.2, 0) is 33.7 Å². The van der Waals surface area contributed by atoms with E-state index in [1.165, 1.54) is 38.4 Å². The van der Waals surface area contributed by atoms with Crippen LogP contribution in [0.5, 0.6) is 0 Å². The molecule has 0 aliphatic rings. The number of nitrogens with two attached hydrogens (primary N) is 1. The molecule has 0 spiro atoms. The molecule has 12 heteroatoms. The molecule has 11 nitrogen and oxygen atoms in total. The quantitative estimate of drug-likeness (QED) is 0.396. The number of esters is 1. The number of carbonyl (C=O) groups excluding carboxylic acids is 2. The lowest BCUT2D eigenvalue weighted by Crippen LogP contribution is -2.46. The summed E-state index contributed by atoms with van der Waals surface area (Å²) < 4.78 is 33.9. The van der Waals surface area contributed by atoms with Crippen LogP contribution in [0, 0.1) is 5.92 Å². The molecule has 168 valence electrons. The first-order chi connectivity index (χ1) is 14.4. The molecular formula is C19H24N4O7S. The molecule has 0 bridgehead atoms. The zero-order chi connectivity index (χ0) is 23.5. The van der Waals surface area contributed by atoms with Gasteiger partial charge in [-0.2, -0.15) is 4.72 Å². The Morgan fingerprint density at radius 1 is 1.10 bits per heavy atom. The lowest BCUT2D eigenvalue weighted by molar-refractivity contribution is -0.145. The van der Waals surface area contributed by atoms with E-state index in [1.54, 1.807) is 19.9 Å². The molecule has 0 radical (unpaired) electrons. The Balaban J connectivity index is 2.21. The molecule has 0 amide bonds. The molecule has 1 unspecified atom stereocenters. The summed E-state index contributed by atoms with van der Waals surface area (Å²) in [7, 11) is -1.55. The maximum absolute atomic E-state index is 12.5. The molecule has 3 N–H and O–H groups in total. The Hall–Kier alpha value is -3.25. The summed E-state index contributed by atoms with van der Waals surface area (Å²) in [6.07, 6.45) is 0. The van der Waals surface area contributed by atoms with Crippen molar-refractivity contribution in [2.45, 2.75) is 24.8 Å². The highest BCUT2D eigenvalue weighted by Crippen LogP contribution is 2.13. The lowest BCUT2D eigenvalue weighted by Gasteiger charge is -2.20. The van der Waals surface area contributed by atoms with E-state index >= 15 is 0 Å². The van der Waals surface area contributed by atoms with Gasteiger partial charge in [-0.15, -0.1) is 0 Å². The van der Waals surface area contributed by atoms with Crippen molar-refractivity contribution in [1.82, 2.24) is 13.9 Å². The molecule has 0 saturated heterocycles. The van der Waals surface area contributed by atoms with Crippen molar-refractivity contribution in [3.63, 3.8) is 0 Å². The van der Waals surface area contributed by atoms with Gasteiger partial charge in [-0.3, -0.25) is 23.5 Å². The first-order valence-electron chi connectivity index (χ1n) is 9.21. The number of carbonyl (C=O) groups is 2. The highest BCUT2D eigenvalue weighted by molar-refractivity contribution is 7.89. The van der Waals surface area contributed by atoms with Crippen molar-refractivity contribution in [3.05, 3.63) is 56.7 Å². The zero-order valence-corrected chi connectivity index (χ0v) is 18.3. The third-order valence-electron chi connectivity index (χ3n) is 4.59. The van der Waals surface area contributed by atoms with Gasteiger partial charge in [-0.05, 0) is 18.1 Å². The Kier molecular flexibility index (Phi) is 7.18. The number of hydrogen-bond acceptors (Lipinski definition) is 8. The van der Waals surface area contributed by atoms with E-state index < -0.39 is 57.2 Å². The zero-order valence-electron chi connectivity index (χ0n) is 17.5. The molecule has 0 aliphatic heterocycles. The number of anilines is 1. The number of nitrogens with zero attached hydrogens (tertiary/aromatic N) is 2. The summed E-state index contributed by atoms with van der Waals surface area (Å²) in [5.74, 6) is -2.78. The summed E-state index contributed by atoms with van der Waals surface area (Å²) >= 11 is 0. The summed E-state index contributed by atoms with van der Waals surface area (Å²) in [4.78, 5) is 49.1. The topological polar surface area (TPSA) is 160 Å². The fourth-order valence-corrected chi connectivity index (χ4v) is 4.07. The lowest BCUT2D eigenvalue weighted by atomic mass is 10.1. The SMILES string of the molecule is CC(C)C(NS(=O)(=O)c1ccccc1)C(=O)OCC(=O)c1c(N)n(C)c(=O)n(C)c1=O. The molecule has 31 heavy (non-hydrogen) atoms. The molecule has 1 aromatic heterocycles. The third-order valence-corrected chi connectivity index (χ3v) is 6.05. The summed E-state index contributed by atoms with van der Waals surface area (Å²) in [5.41, 5.74) is 3.58. The van der Waals surface area contributed by atoms with E-state index in [2.05, 4.69) is 4.72 Å². The maximum Gasteiger partial charge on any atom is 0.332 e. The number of nitrogen functional groups attached to an aromatic ring is 1. The van der Waals surface area contributed by atoms with Gasteiger partial charge in [-0.25, -0.2) is 13.2 Å². The van der Waals surface area contributed by atoms with E-state index in [4.69, 9.17) is 10.5 Å². The predicted octanol–water partition coefficient (Wildman–Crippen LogP) is -0.605. The number of hydrogen-bond donors (Lipinski definition) is 2. The van der Waals surface area contributed by atoms with E-state index in [0.29, 0.717) is 4.57 Å². The molecule has 1 heterocycles. The van der Waals surface area contributed by atoms with Gasteiger partial charge in [0.15, 0.2) is 6.61 Å². The Bertz CT molecular complexity index is 1210. The Morgan fingerprint density at radius 2 is 1.68 bits per heavy atom. The first kappa shape index (κ1) is 24.0. The smallest absolute Gasteiger partial charge is 0.332 e. The van der Waals surface area contributed by atoms with Gasteiger partial charge < -0.3 is 10.5 Å². The number of rotatable bonds is 8. The third kappa shape index (κ3) is 5.09. The highest BCUT2D eigenvalue weighted by Gasteiger charge is 2.30. The van der Waals surface area contributed by atoms with Crippen LogP contribution in [0.3, 0.4) is 0 Å². The maximum atomic E-state index is 12.5. The van der Waals surface area contributed by atoms with E-state index in [0.717, 1.165) is 4.57 Å². The van der Waals surface area contributed by atoms with Crippen LogP contribution in [0.2, 0.25) is 0 Å². The predicted molar refractivity (Wildman–Crippen MR) is 112 cm³/mol. The minimum atomic E-state index is -4.02. The van der Waals surface area contributed by atoms with Gasteiger partial charge in [0, 0.05) is 14.1 Å². The second-order valence-corrected chi connectivity index (χ2v) is 8.87. The van der Waals surface area contributed by atoms with Crippen molar-refractivity contribution in [1.29, 1.82) is 0 Å². The minimum Gasteiger partial charge on any atom is -0.456 e. The molecular weight excluding hydrogens is 428 g/mol. The number of ether oxygens (including phenoxy) is 1. The van der Waals surface area contributed by atoms with Gasteiger partial charge in [0.05, 0.1) is 4.90 Å². The molecule has 2 rings (SSSR count). The van der Waals surface area contributed by atoms with Crippen molar-refractivity contribution >= 4 is 27.6 Å². The van der Waals surface area contributed by atoms with Gasteiger partial charge in [0.2, 0.25) is 15.8 Å². The normalized spacial score (nSPS) is 12.5. The van der Waals surface area contributed by atoms with Crippen molar-refractivity contribution in [3.8, 4) is 0 Å². The van der Waals surface area contributed by atoms with E-state index in [1.807, 2.05) is 0 Å². The average molecular weight is 452 g/mol. The van der Waals surface area contributed by atoms with Crippen molar-refractivity contribution in [2.75, 3.05) is 12.3 Å². The van der Waals surface area contributed by atoms with Crippen LogP contribution in [-0.4, -0.2) is 42.0 Å². The standard InChI is InChI=1S/C19H24N4O7S/c1-11(2)15(21-31(28,29)12-8-6-5-7-9-12)18(26)30-10-13(24)14-16(20)22(3)19(27)23(4)17(14)25/h5-9,11,15,21H,10,20H2,1-4H3. The fourth-order valence-electron chi connectivity index (χ4n) is 2.71. The fraction of sp³-hybridized carbons (Fsp3) is 0.368. The molecule has 0 aliphatic carbocycles. The molecule has 0 fully saturated rings. The Morgan fingerprint density at radius 3 is 2.23 bits per heavy atom. The largest absolute Gasteiger partial charge is 0.456 e. The van der Waals surface area contributed by atoms with Crippen molar-refractivity contribution < 1.29 is 22.7 Å². The molecule has 2 aromatic rings. The second kappa shape index (κ2) is 9.27. The average Bonchev–Trinajstić information content (AvgIpc) is 2.73. The van der Waals surface area contributed by atoms with Gasteiger partial charge in [-0.1, -0.05) is 32.0 Å². The number of ketones is 1. The van der Waals surface area contributed by atoms with Gasteiger partial charge in [0.1, 0.15) is 17.4 Å². The van der Waals surface area contributed by atoms with Gasteiger partial charge in [0.25, 0.3) is 5.56 Å². The number of Topliss-reactive ketones (excluding diaryl/α,β-unsaturated/α-hetero) is 1. The summed E-state index contributed by atoms with van der Waals surface area (Å²) in [6, 6.07) is 6.17. The van der Waals surface area contributed by atoms with Crippen LogP contribution >= 0.6 is 0 Å². The summed E-state index contributed by atoms with van der Waals surface area (Å²) in [5, 5.41) is 0.